The standard InChI is InChI=1S/C21H30N2O.ClH/c24-21(14-17-7-8-18-3-1-2-4-19(18)13-17)23-11-9-20(10-12-23)22-15-16-5-6-16;/h7-8,13,16,20,22H,1-6,9-12,14-15H2;1H. The van der Waals surface area contributed by atoms with Gasteiger partial charge >= 0.3 is 0 Å². The molecular weight excluding hydrogens is 332 g/mol. The molecule has 0 aromatic heterocycles. The molecule has 1 amide bonds. The maximum absolute atomic E-state index is 12.6. The summed E-state index contributed by atoms with van der Waals surface area (Å²) in [6, 6.07) is 7.34. The van der Waals surface area contributed by atoms with Crippen LogP contribution in [0.4, 0.5) is 0 Å². The number of aryl methyl sites for hydroxylation is 2. The first-order chi connectivity index (χ1) is 11.8. The van der Waals surface area contributed by atoms with E-state index in [-0.39, 0.29) is 12.4 Å². The van der Waals surface area contributed by atoms with Gasteiger partial charge in [-0.25, -0.2) is 0 Å². The van der Waals surface area contributed by atoms with E-state index in [9.17, 15) is 4.79 Å². The van der Waals surface area contributed by atoms with Crippen molar-refractivity contribution >= 4 is 18.3 Å². The predicted octanol–water partition coefficient (Wildman–Crippen LogP) is 3.52. The molecule has 0 unspecified atom stereocenters. The average Bonchev–Trinajstić information content (AvgIpc) is 3.45. The number of piperidine rings is 1. The van der Waals surface area contributed by atoms with E-state index < -0.39 is 0 Å². The van der Waals surface area contributed by atoms with Gasteiger partial charge in [-0.15, -0.1) is 12.4 Å². The number of benzene rings is 1. The van der Waals surface area contributed by atoms with Gasteiger partial charge in [0.2, 0.25) is 5.91 Å². The van der Waals surface area contributed by atoms with Crippen LogP contribution >= 0.6 is 12.4 Å². The van der Waals surface area contributed by atoms with Crippen LogP contribution in [0.5, 0.6) is 0 Å². The molecule has 138 valence electrons. The first-order valence-corrected chi connectivity index (χ1v) is 9.90. The maximum Gasteiger partial charge on any atom is 0.226 e. The quantitative estimate of drug-likeness (QED) is 0.869. The van der Waals surface area contributed by atoms with Gasteiger partial charge in [0.1, 0.15) is 0 Å². The zero-order valence-corrected chi connectivity index (χ0v) is 16.0. The predicted molar refractivity (Wildman–Crippen MR) is 104 cm³/mol. The molecule has 0 bridgehead atoms. The van der Waals surface area contributed by atoms with E-state index in [1.165, 1.54) is 61.8 Å². The summed E-state index contributed by atoms with van der Waals surface area (Å²) in [5, 5.41) is 3.69. The SMILES string of the molecule is Cl.O=C(Cc1ccc2c(c1)CCCC2)N1CCC(NCC2CC2)CC1. The monoisotopic (exact) mass is 362 g/mol. The van der Waals surface area contributed by atoms with E-state index in [4.69, 9.17) is 0 Å². The molecule has 1 saturated heterocycles. The van der Waals surface area contributed by atoms with Crippen LogP contribution in [-0.4, -0.2) is 36.5 Å². The number of hydrogen-bond donors (Lipinski definition) is 1. The number of carbonyl (C=O) groups excluding carboxylic acids is 1. The van der Waals surface area contributed by atoms with Gasteiger partial charge in [0.15, 0.2) is 0 Å². The smallest absolute Gasteiger partial charge is 0.226 e. The minimum absolute atomic E-state index is 0. The Morgan fingerprint density at radius 2 is 1.76 bits per heavy atom. The number of fused-ring (bicyclic) bond motifs is 1. The highest BCUT2D eigenvalue weighted by Gasteiger charge is 2.26. The highest BCUT2D eigenvalue weighted by atomic mass is 35.5. The lowest BCUT2D eigenvalue weighted by molar-refractivity contribution is -0.131. The van der Waals surface area contributed by atoms with Crippen molar-refractivity contribution in [1.82, 2.24) is 10.2 Å². The van der Waals surface area contributed by atoms with Gasteiger partial charge < -0.3 is 10.2 Å². The van der Waals surface area contributed by atoms with E-state index >= 15 is 0 Å². The average molecular weight is 363 g/mol. The molecule has 0 atom stereocenters. The maximum atomic E-state index is 12.6. The van der Waals surface area contributed by atoms with Crippen LogP contribution in [0.25, 0.3) is 0 Å². The molecule has 1 N–H and O–H groups in total. The molecule has 0 radical (unpaired) electrons. The lowest BCUT2D eigenvalue weighted by Crippen LogP contribution is -2.45. The second-order valence-electron chi connectivity index (χ2n) is 7.99. The normalized spacial score (nSPS) is 20.7. The van der Waals surface area contributed by atoms with E-state index in [1.54, 1.807) is 0 Å². The van der Waals surface area contributed by atoms with Crippen molar-refractivity contribution in [3.8, 4) is 0 Å². The Hall–Kier alpha value is -1.06. The molecule has 0 spiro atoms. The largest absolute Gasteiger partial charge is 0.342 e. The lowest BCUT2D eigenvalue weighted by Gasteiger charge is -2.32. The van der Waals surface area contributed by atoms with Gasteiger partial charge in [-0.05, 0) is 80.5 Å². The fourth-order valence-corrected chi connectivity index (χ4v) is 4.17. The van der Waals surface area contributed by atoms with Crippen molar-refractivity contribution in [3.63, 3.8) is 0 Å². The van der Waals surface area contributed by atoms with Crippen molar-refractivity contribution in [2.24, 2.45) is 5.92 Å². The zero-order chi connectivity index (χ0) is 16.4. The summed E-state index contributed by atoms with van der Waals surface area (Å²) in [7, 11) is 0. The van der Waals surface area contributed by atoms with Gasteiger partial charge in [0.05, 0.1) is 6.42 Å². The summed E-state index contributed by atoms with van der Waals surface area (Å²) in [6.45, 7) is 3.03. The Morgan fingerprint density at radius 1 is 1.04 bits per heavy atom. The van der Waals surface area contributed by atoms with Crippen LogP contribution in [0.2, 0.25) is 0 Å². The van der Waals surface area contributed by atoms with Crippen LogP contribution in [0.3, 0.4) is 0 Å². The van der Waals surface area contributed by atoms with Crippen molar-refractivity contribution < 1.29 is 4.79 Å². The molecule has 1 heterocycles. The van der Waals surface area contributed by atoms with Crippen LogP contribution in [0, 0.1) is 5.92 Å². The molecule has 2 fully saturated rings. The lowest BCUT2D eigenvalue weighted by atomic mass is 9.90. The van der Waals surface area contributed by atoms with E-state index in [0.717, 1.165) is 31.8 Å². The number of nitrogens with zero attached hydrogens (tertiary/aromatic N) is 1. The molecule has 3 nitrogen and oxygen atoms in total. The molecule has 4 heteroatoms. The fraction of sp³-hybridized carbons (Fsp3) is 0.667. The molecule has 2 aliphatic carbocycles. The van der Waals surface area contributed by atoms with Crippen molar-refractivity contribution in [1.29, 1.82) is 0 Å². The molecule has 1 aliphatic heterocycles. The molecular formula is C21H31ClN2O. The molecule has 1 saturated carbocycles. The minimum Gasteiger partial charge on any atom is -0.342 e. The Labute approximate surface area is 158 Å². The van der Waals surface area contributed by atoms with Crippen LogP contribution in [0.15, 0.2) is 18.2 Å². The summed E-state index contributed by atoms with van der Waals surface area (Å²) in [5.74, 6) is 1.25. The highest BCUT2D eigenvalue weighted by molar-refractivity contribution is 5.85. The number of halogens is 1. The molecule has 4 rings (SSSR count). The van der Waals surface area contributed by atoms with Crippen molar-refractivity contribution in [3.05, 3.63) is 34.9 Å². The first kappa shape index (κ1) is 18.7. The Morgan fingerprint density at radius 3 is 2.48 bits per heavy atom. The summed E-state index contributed by atoms with van der Waals surface area (Å²) in [5.41, 5.74) is 4.18. The van der Waals surface area contributed by atoms with E-state index in [2.05, 4.69) is 28.4 Å². The van der Waals surface area contributed by atoms with Gasteiger partial charge in [-0.2, -0.15) is 0 Å². The summed E-state index contributed by atoms with van der Waals surface area (Å²) < 4.78 is 0. The summed E-state index contributed by atoms with van der Waals surface area (Å²) in [6.07, 6.45) is 10.6. The zero-order valence-electron chi connectivity index (χ0n) is 15.1. The van der Waals surface area contributed by atoms with Crippen molar-refractivity contribution in [2.45, 2.75) is 63.8 Å². The number of rotatable bonds is 5. The van der Waals surface area contributed by atoms with E-state index in [0.29, 0.717) is 18.4 Å². The molecule has 25 heavy (non-hydrogen) atoms. The fourth-order valence-electron chi connectivity index (χ4n) is 4.17. The topological polar surface area (TPSA) is 32.3 Å². The van der Waals surface area contributed by atoms with Crippen LogP contribution < -0.4 is 5.32 Å². The molecule has 3 aliphatic rings. The Bertz CT molecular complexity index is 592. The number of nitrogens with one attached hydrogen (secondary N) is 1. The number of hydrogen-bond acceptors (Lipinski definition) is 2. The molecule has 1 aromatic rings. The second-order valence-corrected chi connectivity index (χ2v) is 7.99. The second kappa shape index (κ2) is 8.55. The summed E-state index contributed by atoms with van der Waals surface area (Å²) in [4.78, 5) is 14.7. The van der Waals surface area contributed by atoms with Gasteiger partial charge in [-0.3, -0.25) is 4.79 Å². The molecule has 1 aromatic carbocycles. The third-order valence-electron chi connectivity index (χ3n) is 6.01. The third kappa shape index (κ3) is 4.98. The van der Waals surface area contributed by atoms with Gasteiger partial charge in [0, 0.05) is 19.1 Å². The highest BCUT2D eigenvalue weighted by Crippen LogP contribution is 2.28. The summed E-state index contributed by atoms with van der Waals surface area (Å²) >= 11 is 0. The van der Waals surface area contributed by atoms with Crippen LogP contribution in [-0.2, 0) is 24.1 Å². The Kier molecular flexibility index (Phi) is 6.40. The van der Waals surface area contributed by atoms with Gasteiger partial charge in [-0.1, -0.05) is 18.2 Å². The van der Waals surface area contributed by atoms with Gasteiger partial charge in [0.25, 0.3) is 0 Å². The number of amides is 1. The number of carbonyl (C=O) groups is 1. The first-order valence-electron chi connectivity index (χ1n) is 9.90. The van der Waals surface area contributed by atoms with E-state index in [1.807, 2.05) is 0 Å². The van der Waals surface area contributed by atoms with Crippen LogP contribution in [0.1, 0.15) is 55.2 Å². The number of likely N-dealkylation sites (tertiary alicyclic amines) is 1. The third-order valence-corrected chi connectivity index (χ3v) is 6.01. The minimum atomic E-state index is 0. The van der Waals surface area contributed by atoms with Crippen molar-refractivity contribution in [2.75, 3.05) is 19.6 Å². The Balaban J connectivity index is 0.00000182.